The van der Waals surface area contributed by atoms with Gasteiger partial charge in [0.25, 0.3) is 5.91 Å². The number of esters is 1. The van der Waals surface area contributed by atoms with Crippen molar-refractivity contribution >= 4 is 29.2 Å². The van der Waals surface area contributed by atoms with Crippen molar-refractivity contribution < 1.29 is 23.1 Å². The molecule has 1 N–H and O–H groups in total. The highest BCUT2D eigenvalue weighted by Gasteiger charge is 2.24. The number of nitrogens with one attached hydrogen (secondary N) is 1. The molecule has 0 aliphatic carbocycles. The Balaban J connectivity index is 1.68. The Bertz CT molecular complexity index is 1020. The standard InChI is InChI=1S/C20H16ClFN2O4/c1-11-17(24-19(27-11)13-6-4-3-5-7-13)20(26)28-12(2)18(25)23-16-9-8-14(22)10-15(16)21/h3-10,12H,1-2H3,(H,23,25)/t12-/m0/s1. The maximum absolute atomic E-state index is 13.1. The van der Waals surface area contributed by atoms with Crippen molar-refractivity contribution in [3.8, 4) is 11.5 Å². The first-order valence-electron chi connectivity index (χ1n) is 8.35. The number of hydrogen-bond acceptors (Lipinski definition) is 5. The minimum absolute atomic E-state index is 0.0154. The molecule has 144 valence electrons. The fraction of sp³-hybridized carbons (Fsp3) is 0.150. The zero-order valence-corrected chi connectivity index (χ0v) is 15.8. The molecule has 1 atom stereocenters. The number of ether oxygens (including phenoxy) is 1. The molecule has 0 saturated heterocycles. The van der Waals surface area contributed by atoms with Gasteiger partial charge in [0.2, 0.25) is 5.89 Å². The Labute approximate surface area is 165 Å². The average molecular weight is 403 g/mol. The van der Waals surface area contributed by atoms with E-state index in [2.05, 4.69) is 10.3 Å². The third kappa shape index (κ3) is 4.37. The van der Waals surface area contributed by atoms with Gasteiger partial charge in [0.1, 0.15) is 11.6 Å². The van der Waals surface area contributed by atoms with Gasteiger partial charge in [-0.05, 0) is 44.2 Å². The van der Waals surface area contributed by atoms with E-state index >= 15 is 0 Å². The van der Waals surface area contributed by atoms with Crippen LogP contribution in [0.15, 0.2) is 52.9 Å². The van der Waals surface area contributed by atoms with Crippen molar-refractivity contribution in [1.29, 1.82) is 0 Å². The van der Waals surface area contributed by atoms with Crippen molar-refractivity contribution in [3.05, 3.63) is 70.8 Å². The lowest BCUT2D eigenvalue weighted by molar-refractivity contribution is -0.123. The summed E-state index contributed by atoms with van der Waals surface area (Å²) >= 11 is 5.88. The van der Waals surface area contributed by atoms with E-state index in [1.54, 1.807) is 19.1 Å². The van der Waals surface area contributed by atoms with E-state index in [0.717, 1.165) is 12.1 Å². The first kappa shape index (κ1) is 19.6. The van der Waals surface area contributed by atoms with Gasteiger partial charge in [-0.2, -0.15) is 0 Å². The summed E-state index contributed by atoms with van der Waals surface area (Å²) in [7, 11) is 0. The highest BCUT2D eigenvalue weighted by Crippen LogP contribution is 2.24. The number of anilines is 1. The van der Waals surface area contributed by atoms with E-state index in [1.807, 2.05) is 18.2 Å². The topological polar surface area (TPSA) is 81.4 Å². The SMILES string of the molecule is Cc1oc(-c2ccccc2)nc1C(=O)O[C@@H](C)C(=O)Nc1ccc(F)cc1Cl. The molecule has 6 nitrogen and oxygen atoms in total. The molecule has 3 rings (SSSR count). The van der Waals surface area contributed by atoms with Crippen LogP contribution in [0.25, 0.3) is 11.5 Å². The highest BCUT2D eigenvalue weighted by atomic mass is 35.5. The van der Waals surface area contributed by atoms with Crippen molar-refractivity contribution in [1.82, 2.24) is 4.98 Å². The summed E-state index contributed by atoms with van der Waals surface area (Å²) in [6.07, 6.45) is -1.13. The number of carbonyl (C=O) groups is 2. The van der Waals surface area contributed by atoms with Gasteiger partial charge < -0.3 is 14.5 Å². The first-order chi connectivity index (χ1) is 13.3. The molecule has 28 heavy (non-hydrogen) atoms. The van der Waals surface area contributed by atoms with Crippen LogP contribution in [-0.2, 0) is 9.53 Å². The normalized spacial score (nSPS) is 11.7. The average Bonchev–Trinajstić information content (AvgIpc) is 3.06. The van der Waals surface area contributed by atoms with E-state index in [-0.39, 0.29) is 28.1 Å². The molecular formula is C20H16ClFN2O4. The largest absolute Gasteiger partial charge is 0.448 e. The number of benzene rings is 2. The second-order valence-electron chi connectivity index (χ2n) is 5.95. The minimum atomic E-state index is -1.13. The van der Waals surface area contributed by atoms with Gasteiger partial charge in [0.05, 0.1) is 10.7 Å². The molecule has 1 heterocycles. The molecule has 3 aromatic rings. The van der Waals surface area contributed by atoms with Crippen molar-refractivity contribution in [3.63, 3.8) is 0 Å². The molecule has 0 bridgehead atoms. The van der Waals surface area contributed by atoms with Crippen LogP contribution in [0, 0.1) is 12.7 Å². The van der Waals surface area contributed by atoms with Gasteiger partial charge >= 0.3 is 5.97 Å². The molecule has 2 aromatic carbocycles. The van der Waals surface area contributed by atoms with Crippen LogP contribution in [0.2, 0.25) is 5.02 Å². The number of carbonyl (C=O) groups excluding carboxylic acids is 2. The Morgan fingerprint density at radius 1 is 1.21 bits per heavy atom. The Morgan fingerprint density at radius 3 is 2.61 bits per heavy atom. The summed E-state index contributed by atoms with van der Waals surface area (Å²) in [5.74, 6) is -1.39. The maximum Gasteiger partial charge on any atom is 0.361 e. The van der Waals surface area contributed by atoms with E-state index in [1.165, 1.54) is 13.0 Å². The zero-order chi connectivity index (χ0) is 20.3. The van der Waals surface area contributed by atoms with Crippen LogP contribution < -0.4 is 5.32 Å². The van der Waals surface area contributed by atoms with Gasteiger partial charge in [-0.25, -0.2) is 14.2 Å². The number of oxazole rings is 1. The number of aryl methyl sites for hydroxylation is 1. The van der Waals surface area contributed by atoms with Crippen molar-refractivity contribution in [2.45, 2.75) is 20.0 Å². The van der Waals surface area contributed by atoms with E-state index in [0.29, 0.717) is 5.56 Å². The fourth-order valence-corrected chi connectivity index (χ4v) is 2.60. The number of hydrogen-bond donors (Lipinski definition) is 1. The van der Waals surface area contributed by atoms with Gasteiger partial charge in [-0.3, -0.25) is 4.79 Å². The Hall–Kier alpha value is -3.19. The molecule has 0 spiro atoms. The Morgan fingerprint density at radius 2 is 1.93 bits per heavy atom. The lowest BCUT2D eigenvalue weighted by Gasteiger charge is -2.13. The van der Waals surface area contributed by atoms with Crippen molar-refractivity contribution in [2.24, 2.45) is 0 Å². The smallest absolute Gasteiger partial charge is 0.361 e. The summed E-state index contributed by atoms with van der Waals surface area (Å²) in [5, 5.41) is 2.52. The molecule has 1 aromatic heterocycles. The summed E-state index contributed by atoms with van der Waals surface area (Å²) in [6, 6.07) is 12.6. The second-order valence-corrected chi connectivity index (χ2v) is 6.36. The first-order valence-corrected chi connectivity index (χ1v) is 8.72. The summed E-state index contributed by atoms with van der Waals surface area (Å²) in [4.78, 5) is 28.8. The van der Waals surface area contributed by atoms with Gasteiger partial charge in [-0.15, -0.1) is 0 Å². The third-order valence-electron chi connectivity index (χ3n) is 3.85. The lowest BCUT2D eigenvalue weighted by atomic mass is 10.2. The third-order valence-corrected chi connectivity index (χ3v) is 4.17. The van der Waals surface area contributed by atoms with Crippen LogP contribution in [-0.4, -0.2) is 23.0 Å². The summed E-state index contributed by atoms with van der Waals surface area (Å²) in [6.45, 7) is 2.98. The van der Waals surface area contributed by atoms with Gasteiger partial charge in [0.15, 0.2) is 11.8 Å². The zero-order valence-electron chi connectivity index (χ0n) is 15.0. The van der Waals surface area contributed by atoms with Crippen LogP contribution in [0.1, 0.15) is 23.2 Å². The van der Waals surface area contributed by atoms with Crippen LogP contribution >= 0.6 is 11.6 Å². The minimum Gasteiger partial charge on any atom is -0.448 e. The number of halogens is 2. The van der Waals surface area contributed by atoms with E-state index < -0.39 is 23.8 Å². The van der Waals surface area contributed by atoms with Crippen LogP contribution in [0.3, 0.4) is 0 Å². The molecule has 1 amide bonds. The molecule has 0 saturated carbocycles. The molecule has 0 unspecified atom stereocenters. The summed E-state index contributed by atoms with van der Waals surface area (Å²) in [5.41, 5.74) is 0.902. The van der Waals surface area contributed by atoms with Gasteiger partial charge in [-0.1, -0.05) is 29.8 Å². The maximum atomic E-state index is 13.1. The lowest BCUT2D eigenvalue weighted by Crippen LogP contribution is -2.30. The predicted octanol–water partition coefficient (Wildman–Crippen LogP) is 4.63. The monoisotopic (exact) mass is 402 g/mol. The second kappa shape index (κ2) is 8.22. The molecule has 0 radical (unpaired) electrons. The summed E-state index contributed by atoms with van der Waals surface area (Å²) < 4.78 is 23.8. The number of amides is 1. The Kier molecular flexibility index (Phi) is 5.75. The van der Waals surface area contributed by atoms with Gasteiger partial charge in [0, 0.05) is 5.56 Å². The number of aromatic nitrogens is 1. The number of rotatable bonds is 5. The van der Waals surface area contributed by atoms with E-state index in [4.69, 9.17) is 20.8 Å². The molecule has 0 aliphatic rings. The highest BCUT2D eigenvalue weighted by molar-refractivity contribution is 6.33. The molecule has 8 heteroatoms. The van der Waals surface area contributed by atoms with Crippen molar-refractivity contribution in [2.75, 3.05) is 5.32 Å². The fourth-order valence-electron chi connectivity index (χ4n) is 2.39. The van der Waals surface area contributed by atoms with Crippen LogP contribution in [0.4, 0.5) is 10.1 Å². The van der Waals surface area contributed by atoms with Crippen LogP contribution in [0.5, 0.6) is 0 Å². The molecule has 0 aliphatic heterocycles. The number of nitrogens with zero attached hydrogens (tertiary/aromatic N) is 1. The molecule has 0 fully saturated rings. The predicted molar refractivity (Wildman–Crippen MR) is 102 cm³/mol. The van der Waals surface area contributed by atoms with E-state index in [9.17, 15) is 14.0 Å². The molecular weight excluding hydrogens is 387 g/mol. The quantitative estimate of drug-likeness (QED) is 0.629.